The molecule has 1 fully saturated rings. The Morgan fingerprint density at radius 1 is 1.21 bits per heavy atom. The van der Waals surface area contributed by atoms with Crippen LogP contribution in [0.2, 0.25) is 0 Å². The number of thiophene rings is 1. The van der Waals surface area contributed by atoms with Gasteiger partial charge in [0.2, 0.25) is 0 Å². The number of rotatable bonds is 4. The second kappa shape index (κ2) is 8.67. The molecule has 6 heteroatoms. The number of hydrogen-bond donors (Lipinski definition) is 0. The van der Waals surface area contributed by atoms with Crippen molar-refractivity contribution in [1.29, 1.82) is 0 Å². The van der Waals surface area contributed by atoms with E-state index in [-0.39, 0.29) is 11.9 Å². The van der Waals surface area contributed by atoms with Crippen LogP contribution >= 0.6 is 11.3 Å². The summed E-state index contributed by atoms with van der Waals surface area (Å²) in [7, 11) is 0. The minimum absolute atomic E-state index is 0.0579. The SMILES string of the molecule is CC(C)C1CCc2sc(C(=O)Oc3cccc(C(=O)N4CCOCC4)c3)cc2C1. The van der Waals surface area contributed by atoms with E-state index in [0.29, 0.717) is 54.3 Å². The molecule has 2 aromatic rings. The quantitative estimate of drug-likeness (QED) is 0.557. The molecule has 154 valence electrons. The number of amides is 1. The molecule has 1 aromatic heterocycles. The molecule has 1 amide bonds. The van der Waals surface area contributed by atoms with Crippen LogP contribution in [-0.4, -0.2) is 43.1 Å². The van der Waals surface area contributed by atoms with Crippen molar-refractivity contribution < 1.29 is 19.1 Å². The molecule has 0 N–H and O–H groups in total. The van der Waals surface area contributed by atoms with Gasteiger partial charge >= 0.3 is 5.97 Å². The van der Waals surface area contributed by atoms with Crippen LogP contribution in [0.25, 0.3) is 0 Å². The molecule has 29 heavy (non-hydrogen) atoms. The van der Waals surface area contributed by atoms with E-state index >= 15 is 0 Å². The summed E-state index contributed by atoms with van der Waals surface area (Å²) in [6.07, 6.45) is 3.27. The monoisotopic (exact) mass is 413 g/mol. The summed E-state index contributed by atoms with van der Waals surface area (Å²) in [6, 6.07) is 8.88. The summed E-state index contributed by atoms with van der Waals surface area (Å²) in [6.45, 7) is 6.81. The average Bonchev–Trinajstić information content (AvgIpc) is 3.17. The van der Waals surface area contributed by atoms with Gasteiger partial charge in [0.15, 0.2) is 0 Å². The van der Waals surface area contributed by atoms with Gasteiger partial charge < -0.3 is 14.4 Å². The number of esters is 1. The predicted molar refractivity (Wildman–Crippen MR) is 113 cm³/mol. The summed E-state index contributed by atoms with van der Waals surface area (Å²) < 4.78 is 10.9. The number of hydrogen-bond acceptors (Lipinski definition) is 5. The van der Waals surface area contributed by atoms with Gasteiger partial charge in [-0.1, -0.05) is 19.9 Å². The number of benzene rings is 1. The molecule has 2 aliphatic rings. The van der Waals surface area contributed by atoms with Gasteiger partial charge in [0, 0.05) is 23.5 Å². The molecule has 1 unspecified atom stereocenters. The second-order valence-electron chi connectivity index (χ2n) is 8.13. The molecule has 0 radical (unpaired) electrons. The Bertz CT molecular complexity index is 898. The first-order valence-corrected chi connectivity index (χ1v) is 11.1. The van der Waals surface area contributed by atoms with E-state index in [1.807, 2.05) is 6.07 Å². The van der Waals surface area contributed by atoms with Crippen molar-refractivity contribution in [2.45, 2.75) is 33.1 Å². The van der Waals surface area contributed by atoms with Crippen molar-refractivity contribution in [2.75, 3.05) is 26.3 Å². The van der Waals surface area contributed by atoms with Crippen LogP contribution in [0.1, 0.15) is 50.7 Å². The topological polar surface area (TPSA) is 55.8 Å². The molecule has 1 aromatic carbocycles. The summed E-state index contributed by atoms with van der Waals surface area (Å²) >= 11 is 1.55. The zero-order chi connectivity index (χ0) is 20.4. The van der Waals surface area contributed by atoms with E-state index in [0.717, 1.165) is 12.8 Å². The van der Waals surface area contributed by atoms with Gasteiger partial charge in [-0.25, -0.2) is 4.79 Å². The van der Waals surface area contributed by atoms with Crippen molar-refractivity contribution in [3.8, 4) is 5.75 Å². The molecular weight excluding hydrogens is 386 g/mol. The molecule has 4 rings (SSSR count). The number of morpholine rings is 1. The highest BCUT2D eigenvalue weighted by molar-refractivity contribution is 7.14. The Labute approximate surface area is 175 Å². The van der Waals surface area contributed by atoms with Crippen LogP contribution in [0.4, 0.5) is 0 Å². The maximum Gasteiger partial charge on any atom is 0.353 e. The fourth-order valence-electron chi connectivity index (χ4n) is 4.02. The van der Waals surface area contributed by atoms with E-state index in [2.05, 4.69) is 13.8 Å². The Morgan fingerprint density at radius 3 is 2.76 bits per heavy atom. The van der Waals surface area contributed by atoms with Crippen molar-refractivity contribution in [3.05, 3.63) is 51.2 Å². The van der Waals surface area contributed by atoms with Gasteiger partial charge in [-0.3, -0.25) is 4.79 Å². The molecule has 5 nitrogen and oxygen atoms in total. The zero-order valence-electron chi connectivity index (χ0n) is 17.0. The summed E-state index contributed by atoms with van der Waals surface area (Å²) in [4.78, 5) is 29.1. The normalized spacial score (nSPS) is 19.1. The number of ether oxygens (including phenoxy) is 2. The first-order valence-electron chi connectivity index (χ1n) is 10.3. The minimum atomic E-state index is -0.346. The van der Waals surface area contributed by atoms with Gasteiger partial charge in [0.05, 0.1) is 13.2 Å². The molecule has 1 aliphatic carbocycles. The van der Waals surface area contributed by atoms with E-state index in [4.69, 9.17) is 9.47 Å². The lowest BCUT2D eigenvalue weighted by Crippen LogP contribution is -2.40. The van der Waals surface area contributed by atoms with Crippen LogP contribution in [0, 0.1) is 11.8 Å². The van der Waals surface area contributed by atoms with E-state index in [9.17, 15) is 9.59 Å². The smallest absolute Gasteiger partial charge is 0.353 e. The first kappa shape index (κ1) is 20.1. The maximum absolute atomic E-state index is 12.7. The molecule has 1 atom stereocenters. The Kier molecular flexibility index (Phi) is 6.01. The lowest BCUT2D eigenvalue weighted by molar-refractivity contribution is 0.0302. The largest absolute Gasteiger partial charge is 0.422 e. The molecule has 0 saturated carbocycles. The van der Waals surface area contributed by atoms with Crippen molar-refractivity contribution in [2.24, 2.45) is 11.8 Å². The van der Waals surface area contributed by atoms with Gasteiger partial charge in [-0.05, 0) is 60.9 Å². The van der Waals surface area contributed by atoms with Crippen LogP contribution in [0.3, 0.4) is 0 Å². The van der Waals surface area contributed by atoms with Crippen LogP contribution in [-0.2, 0) is 17.6 Å². The number of fused-ring (bicyclic) bond motifs is 1. The van der Waals surface area contributed by atoms with E-state index < -0.39 is 0 Å². The van der Waals surface area contributed by atoms with E-state index in [1.165, 1.54) is 16.9 Å². The average molecular weight is 414 g/mol. The highest BCUT2D eigenvalue weighted by Crippen LogP contribution is 2.35. The number of nitrogens with zero attached hydrogens (tertiary/aromatic N) is 1. The third-order valence-electron chi connectivity index (χ3n) is 5.85. The highest BCUT2D eigenvalue weighted by Gasteiger charge is 2.25. The molecule has 0 bridgehead atoms. The second-order valence-corrected chi connectivity index (χ2v) is 9.26. The fraction of sp³-hybridized carbons (Fsp3) is 0.478. The van der Waals surface area contributed by atoms with Gasteiger partial charge in [-0.15, -0.1) is 11.3 Å². The predicted octanol–water partition coefficient (Wildman–Crippen LogP) is 4.20. The fourth-order valence-corrected chi connectivity index (χ4v) is 5.11. The van der Waals surface area contributed by atoms with Crippen LogP contribution in [0.5, 0.6) is 5.75 Å². The van der Waals surface area contributed by atoms with Crippen molar-refractivity contribution >= 4 is 23.2 Å². The minimum Gasteiger partial charge on any atom is -0.422 e. The molecular formula is C23H27NO4S. The van der Waals surface area contributed by atoms with Crippen LogP contribution < -0.4 is 4.74 Å². The van der Waals surface area contributed by atoms with Crippen molar-refractivity contribution in [3.63, 3.8) is 0 Å². The third kappa shape index (κ3) is 4.54. The van der Waals surface area contributed by atoms with Gasteiger partial charge in [0.1, 0.15) is 10.6 Å². The molecule has 2 heterocycles. The van der Waals surface area contributed by atoms with Crippen molar-refractivity contribution in [1.82, 2.24) is 4.90 Å². The number of carbonyl (C=O) groups excluding carboxylic acids is 2. The molecule has 1 aliphatic heterocycles. The number of carbonyl (C=O) groups is 2. The van der Waals surface area contributed by atoms with Gasteiger partial charge in [-0.2, -0.15) is 0 Å². The zero-order valence-corrected chi connectivity index (χ0v) is 17.8. The standard InChI is InChI=1S/C23H27NO4S/c1-15(2)16-6-7-20-18(12-16)14-21(29-20)23(26)28-19-5-3-4-17(13-19)22(25)24-8-10-27-11-9-24/h3-5,13-16H,6-12H2,1-2H3. The Morgan fingerprint density at radius 2 is 2.00 bits per heavy atom. The van der Waals surface area contributed by atoms with Crippen LogP contribution in [0.15, 0.2) is 30.3 Å². The number of aryl methyl sites for hydroxylation is 1. The third-order valence-corrected chi connectivity index (χ3v) is 7.07. The lowest BCUT2D eigenvalue weighted by atomic mass is 9.81. The van der Waals surface area contributed by atoms with Gasteiger partial charge in [0.25, 0.3) is 5.91 Å². The maximum atomic E-state index is 12.7. The molecule has 0 spiro atoms. The Balaban J connectivity index is 1.45. The Hall–Kier alpha value is -2.18. The lowest BCUT2D eigenvalue weighted by Gasteiger charge is -2.26. The first-order chi connectivity index (χ1) is 14.0. The van der Waals surface area contributed by atoms with E-state index in [1.54, 1.807) is 40.5 Å². The highest BCUT2D eigenvalue weighted by atomic mass is 32.1. The summed E-state index contributed by atoms with van der Waals surface area (Å²) in [5.41, 5.74) is 1.82. The summed E-state index contributed by atoms with van der Waals surface area (Å²) in [5, 5.41) is 0. The summed E-state index contributed by atoms with van der Waals surface area (Å²) in [5.74, 6) is 1.34. The molecule has 1 saturated heterocycles.